The van der Waals surface area contributed by atoms with Gasteiger partial charge in [-0.15, -0.1) is 6.58 Å². The number of ketones is 2. The van der Waals surface area contributed by atoms with Gasteiger partial charge >= 0.3 is 12.1 Å². The molecule has 54 heavy (non-hydrogen) atoms. The number of carbonyl (C=O) groups is 6. The lowest BCUT2D eigenvalue weighted by Crippen LogP contribution is -2.46. The molecular weight excluding hydrogens is 722 g/mol. The van der Waals surface area contributed by atoms with Crippen molar-refractivity contribution in [1.82, 2.24) is 14.5 Å². The van der Waals surface area contributed by atoms with E-state index in [9.17, 15) is 41.6 Å². The fraction of sp³-hybridized carbons (Fsp3) is 0.590. The predicted molar refractivity (Wildman–Crippen MR) is 194 cm³/mol. The molecule has 5 atom stereocenters. The van der Waals surface area contributed by atoms with Crippen molar-refractivity contribution in [2.24, 2.45) is 17.3 Å². The number of ether oxygens (including phenoxy) is 2. The molecule has 5 rings (SSSR count). The molecule has 3 fully saturated rings. The number of carbonyl (C=O) groups excluding carboxylic acids is 6. The third-order valence-corrected chi connectivity index (χ3v) is 12.1. The Morgan fingerprint density at radius 2 is 1.81 bits per heavy atom. The van der Waals surface area contributed by atoms with E-state index in [2.05, 4.69) is 11.3 Å². The summed E-state index contributed by atoms with van der Waals surface area (Å²) in [4.78, 5) is 83.9. The van der Waals surface area contributed by atoms with Crippen LogP contribution >= 0.6 is 0 Å². The molecule has 2 aliphatic heterocycles. The van der Waals surface area contributed by atoms with Crippen LogP contribution in [0.2, 0.25) is 0 Å². The van der Waals surface area contributed by atoms with E-state index in [0.29, 0.717) is 24.0 Å². The van der Waals surface area contributed by atoms with Crippen LogP contribution < -0.4 is 4.72 Å². The van der Waals surface area contributed by atoms with E-state index < -0.39 is 92.2 Å². The van der Waals surface area contributed by atoms with Crippen molar-refractivity contribution in [2.75, 3.05) is 6.54 Å². The van der Waals surface area contributed by atoms with Gasteiger partial charge in [0.25, 0.3) is 0 Å². The molecule has 2 heterocycles. The molecule has 0 spiro atoms. The maximum absolute atomic E-state index is 14.4. The first-order valence-corrected chi connectivity index (χ1v) is 19.9. The number of nitrogens with one attached hydrogen (secondary N) is 1. The number of hydrogen-bond acceptors (Lipinski definition) is 10. The number of likely N-dealkylation sites (tertiary alicyclic amines) is 1. The number of rotatable bonds is 15. The molecule has 294 valence electrons. The minimum Gasteiger partial charge on any atom is -0.460 e. The molecule has 0 bridgehead atoms. The van der Waals surface area contributed by atoms with Gasteiger partial charge in [0.05, 0.1) is 36.2 Å². The van der Waals surface area contributed by atoms with Crippen LogP contribution in [0.15, 0.2) is 42.5 Å². The zero-order valence-electron chi connectivity index (χ0n) is 31.5. The quantitative estimate of drug-likeness (QED) is 0.150. The van der Waals surface area contributed by atoms with E-state index in [1.807, 2.05) is 0 Å². The molecule has 13 nitrogen and oxygen atoms in total. The third kappa shape index (κ3) is 9.63. The smallest absolute Gasteiger partial charge is 0.410 e. The lowest BCUT2D eigenvalue weighted by Gasteiger charge is -2.29. The average Bonchev–Trinajstić information content (AvgIpc) is 3.96. The van der Waals surface area contributed by atoms with Crippen molar-refractivity contribution < 1.29 is 51.0 Å². The standard InChI is InChI=1S/C39H50FN3O10S/c1-7-26-18-39(26,36(48)41-54(50,51)29-13-14-29)19-33(45)32-17-28(52-37(49)42-20-25-9-8-10-31(40)30(25)22-42)21-43(32)35(47)24(11-12-27(44)15-23(2)3)16-34(46)53-38(4,5)6/h7-10,15,24,26,28-29,32H,1,11-14,16-22H2,2-6H3,(H,41,48)/t24-,26-,28-,32+,39-/m1/s1. The summed E-state index contributed by atoms with van der Waals surface area (Å²) in [7, 11) is -3.92. The molecule has 0 unspecified atom stereocenters. The highest BCUT2D eigenvalue weighted by Crippen LogP contribution is 2.57. The second kappa shape index (κ2) is 15.8. The van der Waals surface area contributed by atoms with E-state index >= 15 is 0 Å². The lowest BCUT2D eigenvalue weighted by molar-refractivity contribution is -0.159. The maximum atomic E-state index is 14.4. The predicted octanol–water partition coefficient (Wildman–Crippen LogP) is 4.67. The summed E-state index contributed by atoms with van der Waals surface area (Å²) in [6, 6.07) is 3.34. The number of hydrogen-bond donors (Lipinski definition) is 1. The second-order valence-corrected chi connectivity index (χ2v) is 18.2. The monoisotopic (exact) mass is 771 g/mol. The van der Waals surface area contributed by atoms with Crippen molar-refractivity contribution in [3.63, 3.8) is 0 Å². The highest BCUT2D eigenvalue weighted by atomic mass is 32.2. The number of sulfonamides is 1. The molecule has 2 aliphatic carbocycles. The molecule has 1 saturated heterocycles. The largest absolute Gasteiger partial charge is 0.460 e. The second-order valence-electron chi connectivity index (χ2n) is 16.2. The van der Waals surface area contributed by atoms with Crippen LogP contribution in [-0.2, 0) is 56.6 Å². The first kappa shape index (κ1) is 40.8. The van der Waals surface area contributed by atoms with Crippen molar-refractivity contribution >= 4 is 45.5 Å². The molecule has 0 aromatic heterocycles. The Morgan fingerprint density at radius 3 is 2.41 bits per heavy atom. The molecule has 2 saturated carbocycles. The number of allylic oxidation sites excluding steroid dienone is 3. The van der Waals surface area contributed by atoms with Gasteiger partial charge in [-0.05, 0) is 83.9 Å². The van der Waals surface area contributed by atoms with Gasteiger partial charge in [0.2, 0.25) is 21.8 Å². The lowest BCUT2D eigenvalue weighted by atomic mass is 9.90. The van der Waals surface area contributed by atoms with Crippen LogP contribution in [0.3, 0.4) is 0 Å². The fourth-order valence-electron chi connectivity index (χ4n) is 7.31. The molecule has 1 N–H and O–H groups in total. The normalized spacial score (nSPS) is 23.9. The van der Waals surface area contributed by atoms with Crippen molar-refractivity contribution in [3.05, 3.63) is 59.4 Å². The van der Waals surface area contributed by atoms with Gasteiger partial charge in [-0.1, -0.05) is 23.8 Å². The number of benzene rings is 1. The maximum Gasteiger partial charge on any atom is 0.410 e. The Morgan fingerprint density at radius 1 is 1.11 bits per heavy atom. The minimum atomic E-state index is -3.92. The summed E-state index contributed by atoms with van der Waals surface area (Å²) in [5, 5.41) is -0.668. The zero-order valence-corrected chi connectivity index (χ0v) is 32.3. The minimum absolute atomic E-state index is 0.0272. The number of fused-ring (bicyclic) bond motifs is 1. The van der Waals surface area contributed by atoms with Gasteiger partial charge in [0.15, 0.2) is 11.6 Å². The van der Waals surface area contributed by atoms with Gasteiger partial charge in [0.1, 0.15) is 17.5 Å². The SMILES string of the molecule is C=C[C@@H]1C[C@]1(CC(=O)[C@@H]1C[C@@H](OC(=O)N2Cc3cccc(F)c3C2)CN1C(=O)[C@H](CCC(=O)C=C(C)C)CC(=O)OC(C)(C)C)C(=O)NS(=O)(=O)C1CC1. The number of Topliss-reactive ketones (excluding diaryl/α,β-unsaturated/α-hetero) is 1. The van der Waals surface area contributed by atoms with Gasteiger partial charge in [-0.2, -0.15) is 0 Å². The Bertz CT molecular complexity index is 1860. The molecule has 3 amide bonds. The van der Waals surface area contributed by atoms with E-state index in [0.717, 1.165) is 5.57 Å². The summed E-state index contributed by atoms with van der Waals surface area (Å²) in [5.74, 6) is -4.97. The van der Waals surface area contributed by atoms with Crippen LogP contribution in [0.25, 0.3) is 0 Å². The highest BCUT2D eigenvalue weighted by molar-refractivity contribution is 7.90. The van der Waals surface area contributed by atoms with Crippen molar-refractivity contribution in [3.8, 4) is 0 Å². The number of halogens is 1. The fourth-order valence-corrected chi connectivity index (χ4v) is 8.69. The van der Waals surface area contributed by atoms with Gasteiger partial charge in [-0.3, -0.25) is 33.6 Å². The van der Waals surface area contributed by atoms with E-state index in [4.69, 9.17) is 9.47 Å². The summed E-state index contributed by atoms with van der Waals surface area (Å²) >= 11 is 0. The Labute approximate surface area is 315 Å². The topological polar surface area (TPSA) is 174 Å². The Balaban J connectivity index is 1.39. The Hall–Kier alpha value is -4.40. The van der Waals surface area contributed by atoms with E-state index in [-0.39, 0.29) is 57.5 Å². The van der Waals surface area contributed by atoms with Crippen LogP contribution in [0.4, 0.5) is 9.18 Å². The zero-order chi connectivity index (χ0) is 39.7. The van der Waals surface area contributed by atoms with Gasteiger partial charge in [-0.25, -0.2) is 17.6 Å². The number of amides is 3. The van der Waals surface area contributed by atoms with Crippen LogP contribution in [0.1, 0.15) is 97.1 Å². The summed E-state index contributed by atoms with van der Waals surface area (Å²) in [6.45, 7) is 12.1. The number of nitrogens with zero attached hydrogens (tertiary/aromatic N) is 2. The van der Waals surface area contributed by atoms with E-state index in [1.165, 1.54) is 28.0 Å². The molecule has 0 radical (unpaired) electrons. The van der Waals surface area contributed by atoms with Gasteiger partial charge in [0, 0.05) is 37.3 Å². The molecular formula is C39H50FN3O10S. The average molecular weight is 772 g/mol. The summed E-state index contributed by atoms with van der Waals surface area (Å²) in [5.41, 5.74) is -0.506. The van der Waals surface area contributed by atoms with Crippen molar-refractivity contribution in [1.29, 1.82) is 0 Å². The van der Waals surface area contributed by atoms with Crippen LogP contribution in [0.5, 0.6) is 0 Å². The third-order valence-electron chi connectivity index (χ3n) is 10.3. The summed E-state index contributed by atoms with van der Waals surface area (Å²) in [6.07, 6.45) is 1.16. The first-order chi connectivity index (χ1) is 25.2. The van der Waals surface area contributed by atoms with Crippen molar-refractivity contribution in [2.45, 2.75) is 122 Å². The van der Waals surface area contributed by atoms with Crippen LogP contribution in [0, 0.1) is 23.1 Å². The van der Waals surface area contributed by atoms with Crippen LogP contribution in [-0.4, -0.2) is 83.2 Å². The summed E-state index contributed by atoms with van der Waals surface area (Å²) < 4.78 is 53.3. The molecule has 4 aliphatic rings. The Kier molecular flexibility index (Phi) is 11.9. The first-order valence-electron chi connectivity index (χ1n) is 18.4. The van der Waals surface area contributed by atoms with E-state index in [1.54, 1.807) is 46.8 Å². The number of esters is 1. The molecule has 1 aromatic carbocycles. The molecule has 15 heteroatoms. The van der Waals surface area contributed by atoms with Gasteiger partial charge < -0.3 is 14.4 Å². The molecule has 1 aromatic rings. The highest BCUT2D eigenvalue weighted by Gasteiger charge is 2.61.